The number of benzene rings is 2. The van der Waals surface area contributed by atoms with Crippen molar-refractivity contribution in [1.82, 2.24) is 4.98 Å². The lowest BCUT2D eigenvalue weighted by Gasteiger charge is -2.07. The number of hydrogen-bond donors (Lipinski definition) is 1. The third-order valence-corrected chi connectivity index (χ3v) is 5.71. The highest BCUT2D eigenvalue weighted by atomic mass is 16.5. The fourth-order valence-electron chi connectivity index (χ4n) is 3.71. The van der Waals surface area contributed by atoms with Crippen molar-refractivity contribution in [3.63, 3.8) is 0 Å². The first-order chi connectivity index (χ1) is 17.2. The third kappa shape index (κ3) is 10.5. The van der Waals surface area contributed by atoms with E-state index in [1.165, 1.54) is 32.1 Å². The molecule has 1 N–H and O–H groups in total. The molecule has 5 heteroatoms. The lowest BCUT2D eigenvalue weighted by molar-refractivity contribution is 0.0696. The Morgan fingerprint density at radius 3 is 1.83 bits per heavy atom. The molecule has 0 saturated carbocycles. The van der Waals surface area contributed by atoms with Gasteiger partial charge in [-0.3, -0.25) is 4.98 Å². The Bertz CT molecular complexity index is 1030. The topological polar surface area (TPSA) is 68.7 Å². The van der Waals surface area contributed by atoms with Crippen LogP contribution < -0.4 is 9.47 Å². The van der Waals surface area contributed by atoms with E-state index >= 15 is 0 Å². The molecule has 0 aliphatic rings. The fourth-order valence-corrected chi connectivity index (χ4v) is 3.71. The van der Waals surface area contributed by atoms with Gasteiger partial charge in [0.05, 0.1) is 18.8 Å². The van der Waals surface area contributed by atoms with Crippen LogP contribution in [0.5, 0.6) is 11.5 Å². The smallest absolute Gasteiger partial charge is 0.335 e. The molecule has 1 heterocycles. The van der Waals surface area contributed by atoms with E-state index in [9.17, 15) is 4.79 Å². The van der Waals surface area contributed by atoms with Crippen LogP contribution in [0.1, 0.15) is 72.9 Å². The molecule has 2 aromatic carbocycles. The molecule has 0 atom stereocenters. The lowest BCUT2D eigenvalue weighted by atomic mass is 10.1. The van der Waals surface area contributed by atoms with Crippen molar-refractivity contribution >= 4 is 18.1 Å². The maximum Gasteiger partial charge on any atom is 0.335 e. The van der Waals surface area contributed by atoms with E-state index in [-0.39, 0.29) is 5.56 Å². The van der Waals surface area contributed by atoms with E-state index in [1.807, 2.05) is 24.3 Å². The summed E-state index contributed by atoms with van der Waals surface area (Å²) in [7, 11) is 0. The minimum Gasteiger partial charge on any atom is -0.494 e. The highest BCUT2D eigenvalue weighted by Gasteiger charge is 2.03. The van der Waals surface area contributed by atoms with Gasteiger partial charge in [0.2, 0.25) is 0 Å². The Hall–Kier alpha value is -3.60. The van der Waals surface area contributed by atoms with Gasteiger partial charge in [0.15, 0.2) is 0 Å². The Balaban J connectivity index is 1.15. The highest BCUT2D eigenvalue weighted by molar-refractivity contribution is 5.88. The molecule has 0 amide bonds. The van der Waals surface area contributed by atoms with E-state index in [1.54, 1.807) is 36.7 Å². The van der Waals surface area contributed by atoms with Gasteiger partial charge < -0.3 is 14.6 Å². The van der Waals surface area contributed by atoms with Gasteiger partial charge in [-0.2, -0.15) is 0 Å². The second-order valence-corrected chi connectivity index (χ2v) is 8.54. The molecule has 35 heavy (non-hydrogen) atoms. The number of carbonyl (C=O) groups is 1. The quantitative estimate of drug-likeness (QED) is 0.218. The zero-order valence-electron chi connectivity index (χ0n) is 20.3. The van der Waals surface area contributed by atoms with Gasteiger partial charge in [0.1, 0.15) is 11.5 Å². The van der Waals surface area contributed by atoms with Gasteiger partial charge in [-0.1, -0.05) is 68.9 Å². The van der Waals surface area contributed by atoms with Gasteiger partial charge in [-0.15, -0.1) is 0 Å². The van der Waals surface area contributed by atoms with Crippen LogP contribution in [0.15, 0.2) is 73.1 Å². The molecule has 0 fully saturated rings. The summed E-state index contributed by atoms with van der Waals surface area (Å²) in [5, 5.41) is 9.01. The number of aromatic nitrogens is 1. The zero-order valence-corrected chi connectivity index (χ0v) is 20.3. The van der Waals surface area contributed by atoms with Gasteiger partial charge in [0.25, 0.3) is 0 Å². The average Bonchev–Trinajstić information content (AvgIpc) is 2.89. The SMILES string of the molecule is O=C(O)c1cccc(OCCCCCCCCCCOc2ccc(/C=C/c3ccncc3)cc2)c1. The summed E-state index contributed by atoms with van der Waals surface area (Å²) in [4.78, 5) is 15.0. The van der Waals surface area contributed by atoms with E-state index in [0.717, 1.165) is 42.7 Å². The third-order valence-electron chi connectivity index (χ3n) is 5.71. The first-order valence-electron chi connectivity index (χ1n) is 12.5. The van der Waals surface area contributed by atoms with E-state index < -0.39 is 5.97 Å². The number of nitrogens with zero attached hydrogens (tertiary/aromatic N) is 1. The molecule has 0 bridgehead atoms. The molecule has 1 aromatic heterocycles. The first-order valence-corrected chi connectivity index (χ1v) is 12.5. The molecule has 0 aliphatic carbocycles. The second kappa shape index (κ2) is 15.3. The molecule has 0 spiro atoms. The van der Waals surface area contributed by atoms with Crippen molar-refractivity contribution in [3.8, 4) is 11.5 Å². The molecule has 5 nitrogen and oxygen atoms in total. The monoisotopic (exact) mass is 473 g/mol. The number of pyridine rings is 1. The molecule has 0 radical (unpaired) electrons. The van der Waals surface area contributed by atoms with Crippen LogP contribution in [0.2, 0.25) is 0 Å². The molecule has 0 aliphatic heterocycles. The van der Waals surface area contributed by atoms with Crippen LogP contribution in [0.3, 0.4) is 0 Å². The highest BCUT2D eigenvalue weighted by Crippen LogP contribution is 2.16. The van der Waals surface area contributed by atoms with Crippen LogP contribution in [-0.4, -0.2) is 29.3 Å². The summed E-state index contributed by atoms with van der Waals surface area (Å²) in [5.74, 6) is 0.616. The zero-order chi connectivity index (χ0) is 24.6. The van der Waals surface area contributed by atoms with Crippen molar-refractivity contribution in [3.05, 3.63) is 89.7 Å². The number of unbranched alkanes of at least 4 members (excludes halogenated alkanes) is 7. The predicted molar refractivity (Wildman–Crippen MR) is 141 cm³/mol. The van der Waals surface area contributed by atoms with E-state index in [2.05, 4.69) is 29.3 Å². The summed E-state index contributed by atoms with van der Waals surface area (Å²) in [6, 6.07) is 18.8. The van der Waals surface area contributed by atoms with Crippen molar-refractivity contribution < 1.29 is 19.4 Å². The largest absolute Gasteiger partial charge is 0.494 e. The Morgan fingerprint density at radius 2 is 1.23 bits per heavy atom. The molecule has 0 unspecified atom stereocenters. The minimum absolute atomic E-state index is 0.260. The number of hydrogen-bond acceptors (Lipinski definition) is 4. The molecule has 184 valence electrons. The molecular weight excluding hydrogens is 438 g/mol. The van der Waals surface area contributed by atoms with Crippen LogP contribution in [0.25, 0.3) is 12.2 Å². The van der Waals surface area contributed by atoms with Gasteiger partial charge >= 0.3 is 5.97 Å². The normalized spacial score (nSPS) is 11.0. The lowest BCUT2D eigenvalue weighted by Crippen LogP contribution is -2.00. The molecule has 0 saturated heterocycles. The van der Waals surface area contributed by atoms with Gasteiger partial charge in [-0.05, 0) is 66.4 Å². The number of carboxylic acid groups (broad SMARTS) is 1. The number of ether oxygens (including phenoxy) is 2. The van der Waals surface area contributed by atoms with Crippen molar-refractivity contribution in [2.75, 3.05) is 13.2 Å². The summed E-state index contributed by atoms with van der Waals surface area (Å²) in [6.07, 6.45) is 17.1. The number of rotatable bonds is 16. The summed E-state index contributed by atoms with van der Waals surface area (Å²) in [6.45, 7) is 1.38. The predicted octanol–water partition coefficient (Wildman–Crippen LogP) is 7.53. The van der Waals surface area contributed by atoms with Gasteiger partial charge in [-0.25, -0.2) is 4.79 Å². The average molecular weight is 474 g/mol. The van der Waals surface area contributed by atoms with Crippen molar-refractivity contribution in [2.45, 2.75) is 51.4 Å². The number of carboxylic acids is 1. The Kier molecular flexibility index (Phi) is 11.4. The van der Waals surface area contributed by atoms with Crippen molar-refractivity contribution in [2.24, 2.45) is 0 Å². The minimum atomic E-state index is -0.929. The van der Waals surface area contributed by atoms with E-state index in [4.69, 9.17) is 14.6 Å². The van der Waals surface area contributed by atoms with Crippen LogP contribution in [-0.2, 0) is 0 Å². The fraction of sp³-hybridized carbons (Fsp3) is 0.333. The summed E-state index contributed by atoms with van der Waals surface area (Å²) >= 11 is 0. The van der Waals surface area contributed by atoms with Crippen LogP contribution >= 0.6 is 0 Å². The molecule has 3 rings (SSSR count). The number of aromatic carboxylic acids is 1. The van der Waals surface area contributed by atoms with E-state index in [0.29, 0.717) is 12.4 Å². The molecular formula is C30H35NO4. The van der Waals surface area contributed by atoms with Crippen molar-refractivity contribution in [1.29, 1.82) is 0 Å². The van der Waals surface area contributed by atoms with Gasteiger partial charge in [0, 0.05) is 12.4 Å². The first kappa shape index (κ1) is 26.0. The maximum atomic E-state index is 11.0. The Morgan fingerprint density at radius 1 is 0.686 bits per heavy atom. The second-order valence-electron chi connectivity index (χ2n) is 8.54. The summed E-state index contributed by atoms with van der Waals surface area (Å²) < 4.78 is 11.5. The standard InChI is InChI=1S/C30H35NO4/c32-30(33)27-10-9-11-29(24-27)35-23-8-6-4-2-1-3-5-7-22-34-28-16-14-25(15-17-28)12-13-26-18-20-31-21-19-26/h9-21,24H,1-8,22-23H2,(H,32,33)/b13-12+. The van der Waals surface area contributed by atoms with Crippen LogP contribution in [0, 0.1) is 0 Å². The molecule has 3 aromatic rings. The maximum absolute atomic E-state index is 11.0. The summed E-state index contributed by atoms with van der Waals surface area (Å²) in [5.41, 5.74) is 2.54. The Labute approximate surface area is 208 Å². The van der Waals surface area contributed by atoms with Crippen LogP contribution in [0.4, 0.5) is 0 Å².